The maximum atomic E-state index is 10.9. The van der Waals surface area contributed by atoms with Crippen molar-refractivity contribution in [1.29, 1.82) is 0 Å². The van der Waals surface area contributed by atoms with E-state index < -0.39 is 7.82 Å². The van der Waals surface area contributed by atoms with Gasteiger partial charge in [0.1, 0.15) is 0 Å². The summed E-state index contributed by atoms with van der Waals surface area (Å²) in [7, 11) is -4.04. The normalized spacial score (nSPS) is 13.7. The van der Waals surface area contributed by atoms with Crippen molar-refractivity contribution in [3.8, 4) is 0 Å². The molecule has 0 aliphatic carbocycles. The number of rotatable bonds is 22. The van der Waals surface area contributed by atoms with Crippen molar-refractivity contribution in [3.05, 3.63) is 0 Å². The van der Waals surface area contributed by atoms with Crippen molar-refractivity contribution < 1.29 is 46.4 Å². The Morgan fingerprint density at radius 1 is 0.667 bits per heavy atom. The van der Waals surface area contributed by atoms with Crippen LogP contribution in [0.25, 0.3) is 0 Å². The molecule has 0 saturated carbocycles. The first-order valence-electron chi connectivity index (χ1n) is 8.89. The SMILES string of the molecule is CCOCCOCCOCCOCCOCCCOCCOP(=O)(O)OS. The number of hydrogen-bond donors (Lipinski definition) is 2. The van der Waals surface area contributed by atoms with E-state index in [0.29, 0.717) is 79.1 Å². The monoisotopic (exact) mass is 436 g/mol. The summed E-state index contributed by atoms with van der Waals surface area (Å²) in [4.78, 5) is 8.90. The van der Waals surface area contributed by atoms with E-state index in [1.54, 1.807) is 0 Å². The smallest absolute Gasteiger partial charge is 0.379 e. The highest BCUT2D eigenvalue weighted by Gasteiger charge is 2.18. The van der Waals surface area contributed by atoms with E-state index in [9.17, 15) is 4.57 Å². The van der Waals surface area contributed by atoms with Crippen LogP contribution >= 0.6 is 20.7 Å². The van der Waals surface area contributed by atoms with Crippen LogP contribution in [0.3, 0.4) is 0 Å². The van der Waals surface area contributed by atoms with Gasteiger partial charge in [-0.1, -0.05) is 0 Å². The van der Waals surface area contributed by atoms with E-state index in [1.807, 2.05) is 6.92 Å². The van der Waals surface area contributed by atoms with Gasteiger partial charge in [0, 0.05) is 19.8 Å². The minimum absolute atomic E-state index is 0.0511. The second kappa shape index (κ2) is 20.9. The van der Waals surface area contributed by atoms with Gasteiger partial charge in [0.05, 0.1) is 66.1 Å². The van der Waals surface area contributed by atoms with E-state index in [1.165, 1.54) is 0 Å². The minimum Gasteiger partial charge on any atom is -0.379 e. The summed E-state index contributed by atoms with van der Waals surface area (Å²) in [5.41, 5.74) is 0. The highest BCUT2D eigenvalue weighted by molar-refractivity contribution is 7.80. The third-order valence-corrected chi connectivity index (χ3v) is 4.19. The molecular weight excluding hydrogens is 403 g/mol. The van der Waals surface area contributed by atoms with E-state index in [2.05, 4.69) is 21.4 Å². The number of thiol groups is 1. The van der Waals surface area contributed by atoms with Crippen molar-refractivity contribution in [2.24, 2.45) is 0 Å². The number of phosphoric acid groups is 1. The van der Waals surface area contributed by atoms with Crippen LogP contribution < -0.4 is 0 Å². The summed E-state index contributed by atoms with van der Waals surface area (Å²) >= 11 is 3.22. The van der Waals surface area contributed by atoms with Gasteiger partial charge in [-0.15, -0.1) is 0 Å². The molecule has 164 valence electrons. The predicted molar refractivity (Wildman–Crippen MR) is 101 cm³/mol. The summed E-state index contributed by atoms with van der Waals surface area (Å²) in [5.74, 6) is 0. The Bertz CT molecular complexity index is 351. The molecule has 0 amide bonds. The molecule has 1 unspecified atom stereocenters. The largest absolute Gasteiger partial charge is 0.483 e. The number of hydrogen-bond acceptors (Lipinski definition) is 10. The Balaban J connectivity index is 3.06. The lowest BCUT2D eigenvalue weighted by Gasteiger charge is -2.09. The fraction of sp³-hybridized carbons (Fsp3) is 1.00. The molecule has 0 aromatic rings. The molecule has 10 nitrogen and oxygen atoms in total. The molecule has 0 aliphatic heterocycles. The molecule has 0 fully saturated rings. The Hall–Kier alpha value is 0.220. The molecule has 27 heavy (non-hydrogen) atoms. The molecule has 0 rings (SSSR count). The second-order valence-corrected chi connectivity index (χ2v) is 6.84. The second-order valence-electron chi connectivity index (χ2n) is 5.00. The van der Waals surface area contributed by atoms with Crippen molar-refractivity contribution >= 4 is 20.7 Å². The lowest BCUT2D eigenvalue weighted by Crippen LogP contribution is -2.13. The van der Waals surface area contributed by atoms with Gasteiger partial charge in [-0.25, -0.2) is 8.54 Å². The van der Waals surface area contributed by atoms with E-state index in [4.69, 9.17) is 33.3 Å². The first-order chi connectivity index (χ1) is 13.1. The first kappa shape index (κ1) is 27.2. The predicted octanol–water partition coefficient (Wildman–Crippen LogP) is 1.47. The van der Waals surface area contributed by atoms with Gasteiger partial charge in [0.2, 0.25) is 0 Å². The van der Waals surface area contributed by atoms with Gasteiger partial charge >= 0.3 is 7.82 Å². The van der Waals surface area contributed by atoms with Gasteiger partial charge in [-0.3, -0.25) is 4.52 Å². The van der Waals surface area contributed by atoms with E-state index >= 15 is 0 Å². The standard InChI is InChI=1S/C15H33O10PS/c1-2-18-6-7-21-10-11-23-13-12-22-9-8-19-4-3-5-20-14-15-24-26(16,17)25-27/h27H,2-15H2,1H3,(H,16,17). The quantitative estimate of drug-likeness (QED) is 0.112. The molecule has 0 aromatic heterocycles. The molecule has 1 N–H and O–H groups in total. The summed E-state index contributed by atoms with van der Waals surface area (Å²) in [6.45, 7) is 8.08. The molecule has 12 heteroatoms. The Morgan fingerprint density at radius 2 is 1.04 bits per heavy atom. The minimum atomic E-state index is -4.04. The van der Waals surface area contributed by atoms with Gasteiger partial charge in [-0.2, -0.15) is 0 Å². The zero-order valence-electron chi connectivity index (χ0n) is 15.9. The summed E-state index contributed by atoms with van der Waals surface area (Å²) in [6, 6.07) is 0. The molecule has 0 spiro atoms. The Labute approximate surface area is 166 Å². The van der Waals surface area contributed by atoms with Crippen LogP contribution in [0.4, 0.5) is 0 Å². The lowest BCUT2D eigenvalue weighted by atomic mass is 10.5. The zero-order chi connectivity index (χ0) is 20.1. The average Bonchev–Trinajstić information content (AvgIpc) is 2.66. The Morgan fingerprint density at radius 3 is 1.44 bits per heavy atom. The lowest BCUT2D eigenvalue weighted by molar-refractivity contribution is -0.0119. The van der Waals surface area contributed by atoms with Gasteiger partial charge in [0.15, 0.2) is 0 Å². The topological polar surface area (TPSA) is 111 Å². The van der Waals surface area contributed by atoms with Crippen LogP contribution in [0.1, 0.15) is 13.3 Å². The molecule has 0 aromatic carbocycles. The fourth-order valence-electron chi connectivity index (χ4n) is 1.62. The maximum absolute atomic E-state index is 10.9. The fourth-order valence-corrected chi connectivity index (χ4v) is 2.12. The van der Waals surface area contributed by atoms with Crippen molar-refractivity contribution in [2.45, 2.75) is 13.3 Å². The van der Waals surface area contributed by atoms with E-state index in [-0.39, 0.29) is 13.2 Å². The third-order valence-electron chi connectivity index (χ3n) is 2.85. The molecule has 0 saturated heterocycles. The zero-order valence-corrected chi connectivity index (χ0v) is 17.7. The third kappa shape index (κ3) is 22.4. The van der Waals surface area contributed by atoms with Crippen LogP contribution in [0.15, 0.2) is 0 Å². The van der Waals surface area contributed by atoms with Crippen LogP contribution in [0.2, 0.25) is 0 Å². The number of phosphoric ester groups is 1. The summed E-state index contributed by atoms with van der Waals surface area (Å²) in [5, 5.41) is 0. The molecular formula is C15H33O10PS. The highest BCUT2D eigenvalue weighted by atomic mass is 32.1. The molecule has 0 radical (unpaired) electrons. The van der Waals surface area contributed by atoms with Gasteiger partial charge in [-0.05, 0) is 26.3 Å². The van der Waals surface area contributed by atoms with Crippen LogP contribution in [0.5, 0.6) is 0 Å². The van der Waals surface area contributed by atoms with Crippen molar-refractivity contribution in [2.75, 3.05) is 85.9 Å². The first-order valence-corrected chi connectivity index (χ1v) is 10.8. The Kier molecular flexibility index (Phi) is 21.1. The molecule has 0 bridgehead atoms. The molecule has 0 heterocycles. The molecule has 1 atom stereocenters. The average molecular weight is 436 g/mol. The van der Waals surface area contributed by atoms with Crippen molar-refractivity contribution in [1.82, 2.24) is 0 Å². The molecule has 0 aliphatic rings. The summed E-state index contributed by atoms with van der Waals surface area (Å²) in [6.07, 6.45) is 0.701. The van der Waals surface area contributed by atoms with Crippen LogP contribution in [0, 0.1) is 0 Å². The summed E-state index contributed by atoms with van der Waals surface area (Å²) < 4.78 is 51.2. The van der Waals surface area contributed by atoms with Crippen LogP contribution in [-0.2, 0) is 41.5 Å². The van der Waals surface area contributed by atoms with Gasteiger partial charge < -0.3 is 33.3 Å². The maximum Gasteiger partial charge on any atom is 0.483 e. The van der Waals surface area contributed by atoms with Crippen molar-refractivity contribution in [3.63, 3.8) is 0 Å². The number of ether oxygens (including phenoxy) is 6. The van der Waals surface area contributed by atoms with Gasteiger partial charge in [0.25, 0.3) is 0 Å². The highest BCUT2D eigenvalue weighted by Crippen LogP contribution is 2.43. The van der Waals surface area contributed by atoms with E-state index in [0.717, 1.165) is 0 Å². The van der Waals surface area contributed by atoms with Crippen LogP contribution in [-0.4, -0.2) is 90.8 Å².